The molecule has 0 aliphatic heterocycles. The second-order valence-electron chi connectivity index (χ2n) is 4.53. The Labute approximate surface area is 97.8 Å². The molecule has 0 amide bonds. The Hall–Kier alpha value is -0.0500. The van der Waals surface area contributed by atoms with Crippen molar-refractivity contribution in [2.24, 2.45) is 11.1 Å². The number of hydrogen-bond acceptors (Lipinski definition) is 1. The van der Waals surface area contributed by atoms with E-state index in [2.05, 4.69) is 35.8 Å². The van der Waals surface area contributed by atoms with Gasteiger partial charge in [0.15, 0.2) is 0 Å². The van der Waals surface area contributed by atoms with Crippen LogP contribution in [0.2, 0.25) is 5.02 Å². The summed E-state index contributed by atoms with van der Waals surface area (Å²) in [6.07, 6.45) is 0. The van der Waals surface area contributed by atoms with Gasteiger partial charge in [-0.2, -0.15) is 0 Å². The van der Waals surface area contributed by atoms with E-state index in [1.807, 2.05) is 12.1 Å². The molecular formula is C11H13BrClN. The zero-order valence-electron chi connectivity index (χ0n) is 8.22. The molecule has 0 heterocycles. The third kappa shape index (κ3) is 1.60. The molecular weight excluding hydrogens is 261 g/mol. The zero-order valence-corrected chi connectivity index (χ0v) is 10.6. The molecule has 1 saturated carbocycles. The Morgan fingerprint density at radius 1 is 1.36 bits per heavy atom. The number of halogens is 2. The molecule has 1 aliphatic rings. The summed E-state index contributed by atoms with van der Waals surface area (Å²) in [4.78, 5) is 0. The average Bonchev–Trinajstić information content (AvgIpc) is 2.48. The lowest BCUT2D eigenvalue weighted by atomic mass is 10.0. The molecule has 1 nitrogen and oxygen atoms in total. The van der Waals surface area contributed by atoms with Gasteiger partial charge in [0.2, 0.25) is 0 Å². The highest BCUT2D eigenvalue weighted by atomic mass is 79.9. The predicted octanol–water partition coefficient (Wildman–Crippen LogP) is 3.55. The molecule has 0 spiro atoms. The second kappa shape index (κ2) is 3.22. The molecule has 76 valence electrons. The number of benzene rings is 1. The second-order valence-corrected chi connectivity index (χ2v) is 5.88. The largest absolute Gasteiger partial charge is 0.327 e. The van der Waals surface area contributed by atoms with Crippen LogP contribution in [0.4, 0.5) is 0 Å². The van der Waals surface area contributed by atoms with Gasteiger partial charge < -0.3 is 5.73 Å². The molecule has 0 unspecified atom stereocenters. The van der Waals surface area contributed by atoms with Crippen molar-refractivity contribution < 1.29 is 0 Å². The van der Waals surface area contributed by atoms with Crippen molar-refractivity contribution in [1.82, 2.24) is 0 Å². The number of rotatable bonds is 1. The minimum absolute atomic E-state index is 0.212. The summed E-state index contributed by atoms with van der Waals surface area (Å²) in [5.41, 5.74) is 7.47. The van der Waals surface area contributed by atoms with Crippen LogP contribution in [-0.2, 0) is 0 Å². The van der Waals surface area contributed by atoms with Gasteiger partial charge in [0.25, 0.3) is 0 Å². The first kappa shape index (κ1) is 10.5. The first-order valence-electron chi connectivity index (χ1n) is 4.64. The zero-order chi connectivity index (χ0) is 10.5. The molecule has 1 aromatic rings. The van der Waals surface area contributed by atoms with Gasteiger partial charge in [0.05, 0.1) is 0 Å². The molecule has 2 atom stereocenters. The minimum Gasteiger partial charge on any atom is -0.327 e. The summed E-state index contributed by atoms with van der Waals surface area (Å²) in [5, 5.41) is 0.768. The lowest BCUT2D eigenvalue weighted by Gasteiger charge is -2.04. The average molecular weight is 275 g/mol. The van der Waals surface area contributed by atoms with E-state index in [-0.39, 0.29) is 11.5 Å². The molecule has 3 heteroatoms. The van der Waals surface area contributed by atoms with Crippen molar-refractivity contribution in [3.8, 4) is 0 Å². The Bertz CT molecular complexity index is 355. The predicted molar refractivity (Wildman–Crippen MR) is 63.6 cm³/mol. The first-order chi connectivity index (χ1) is 6.43. The highest BCUT2D eigenvalue weighted by molar-refractivity contribution is 9.10. The highest BCUT2D eigenvalue weighted by Gasteiger charge is 2.56. The van der Waals surface area contributed by atoms with E-state index in [4.69, 9.17) is 17.3 Å². The van der Waals surface area contributed by atoms with Gasteiger partial charge in [-0.1, -0.05) is 41.4 Å². The normalized spacial score (nSPS) is 28.9. The highest BCUT2D eigenvalue weighted by Crippen LogP contribution is 2.57. The summed E-state index contributed by atoms with van der Waals surface area (Å²) >= 11 is 9.43. The van der Waals surface area contributed by atoms with Crippen molar-refractivity contribution in [2.75, 3.05) is 0 Å². The summed E-state index contributed by atoms with van der Waals surface area (Å²) in [6.45, 7) is 4.38. The number of nitrogens with two attached hydrogens (primary N) is 1. The fourth-order valence-electron chi connectivity index (χ4n) is 2.07. The van der Waals surface area contributed by atoms with Gasteiger partial charge in [-0.05, 0) is 29.2 Å². The van der Waals surface area contributed by atoms with Crippen molar-refractivity contribution in [2.45, 2.75) is 25.8 Å². The van der Waals surface area contributed by atoms with E-state index in [9.17, 15) is 0 Å². The van der Waals surface area contributed by atoms with E-state index >= 15 is 0 Å². The standard InChI is InChI=1S/C11H13BrClN/c1-11(2)9(10(11)14)6-3-7(12)5-8(13)4-6/h3-5,9-10H,14H2,1-2H3/t9-,10-/m1/s1. The first-order valence-corrected chi connectivity index (χ1v) is 5.81. The van der Waals surface area contributed by atoms with E-state index in [1.165, 1.54) is 5.56 Å². The monoisotopic (exact) mass is 273 g/mol. The van der Waals surface area contributed by atoms with Crippen molar-refractivity contribution in [3.63, 3.8) is 0 Å². The molecule has 0 aromatic heterocycles. The minimum atomic E-state index is 0.212. The molecule has 2 rings (SSSR count). The van der Waals surface area contributed by atoms with Crippen LogP contribution < -0.4 is 5.73 Å². The van der Waals surface area contributed by atoms with Crippen molar-refractivity contribution >= 4 is 27.5 Å². The van der Waals surface area contributed by atoms with Crippen LogP contribution in [0.5, 0.6) is 0 Å². The van der Waals surface area contributed by atoms with Gasteiger partial charge in [-0.25, -0.2) is 0 Å². The van der Waals surface area contributed by atoms with E-state index in [1.54, 1.807) is 0 Å². The summed E-state index contributed by atoms with van der Waals surface area (Å²) in [7, 11) is 0. The molecule has 1 aromatic carbocycles. The molecule has 0 bridgehead atoms. The Morgan fingerprint density at radius 3 is 2.36 bits per heavy atom. The lowest BCUT2D eigenvalue weighted by Crippen LogP contribution is -2.06. The van der Waals surface area contributed by atoms with Crippen LogP contribution in [0.15, 0.2) is 22.7 Å². The number of hydrogen-bond donors (Lipinski definition) is 1. The van der Waals surface area contributed by atoms with Gasteiger partial charge in [-0.3, -0.25) is 0 Å². The van der Waals surface area contributed by atoms with Crippen molar-refractivity contribution in [1.29, 1.82) is 0 Å². The third-order valence-electron chi connectivity index (χ3n) is 3.15. The maximum absolute atomic E-state index is 6.02. The van der Waals surface area contributed by atoms with E-state index in [0.717, 1.165) is 9.50 Å². The fourth-order valence-corrected chi connectivity index (χ4v) is 2.96. The van der Waals surface area contributed by atoms with E-state index < -0.39 is 0 Å². The van der Waals surface area contributed by atoms with Gasteiger partial charge in [0.1, 0.15) is 0 Å². The SMILES string of the molecule is CC1(C)[C@H](N)[C@H]1c1cc(Cl)cc(Br)c1. The van der Waals surface area contributed by atoms with Crippen LogP contribution in [0.3, 0.4) is 0 Å². The molecule has 1 fully saturated rings. The Kier molecular flexibility index (Phi) is 2.41. The molecule has 1 aliphatic carbocycles. The fraction of sp³-hybridized carbons (Fsp3) is 0.455. The summed E-state index contributed by atoms with van der Waals surface area (Å²) < 4.78 is 1.02. The maximum Gasteiger partial charge on any atom is 0.0420 e. The van der Waals surface area contributed by atoms with Crippen LogP contribution in [0.1, 0.15) is 25.3 Å². The van der Waals surface area contributed by atoms with Crippen LogP contribution in [-0.4, -0.2) is 6.04 Å². The van der Waals surface area contributed by atoms with E-state index in [0.29, 0.717) is 5.92 Å². The van der Waals surface area contributed by atoms with Crippen LogP contribution in [0.25, 0.3) is 0 Å². The van der Waals surface area contributed by atoms with Crippen LogP contribution >= 0.6 is 27.5 Å². The molecule has 0 saturated heterocycles. The van der Waals surface area contributed by atoms with Gasteiger partial charge in [-0.15, -0.1) is 0 Å². The van der Waals surface area contributed by atoms with Gasteiger partial charge >= 0.3 is 0 Å². The molecule has 0 radical (unpaired) electrons. The third-order valence-corrected chi connectivity index (χ3v) is 3.83. The molecule has 2 N–H and O–H groups in total. The summed E-state index contributed by atoms with van der Waals surface area (Å²) in [6, 6.07) is 6.26. The van der Waals surface area contributed by atoms with Crippen molar-refractivity contribution in [3.05, 3.63) is 33.3 Å². The lowest BCUT2D eigenvalue weighted by molar-refractivity contribution is 0.599. The quantitative estimate of drug-likeness (QED) is 0.833. The maximum atomic E-state index is 6.02. The summed E-state index contributed by atoms with van der Waals surface area (Å²) in [5.74, 6) is 0.442. The molecule has 14 heavy (non-hydrogen) atoms. The Morgan fingerprint density at radius 2 is 1.93 bits per heavy atom. The van der Waals surface area contributed by atoms with Crippen LogP contribution in [0, 0.1) is 5.41 Å². The van der Waals surface area contributed by atoms with Gasteiger partial charge in [0, 0.05) is 21.5 Å². The Balaban J connectivity index is 2.35. The smallest absolute Gasteiger partial charge is 0.0420 e. The topological polar surface area (TPSA) is 26.0 Å².